The molecule has 0 aliphatic heterocycles. The first kappa shape index (κ1) is 16.2. The van der Waals surface area contributed by atoms with Gasteiger partial charge >= 0.3 is 0 Å². The van der Waals surface area contributed by atoms with Gasteiger partial charge in [0.25, 0.3) is 5.91 Å². The summed E-state index contributed by atoms with van der Waals surface area (Å²) in [5, 5.41) is 14.5. The van der Waals surface area contributed by atoms with Crippen molar-refractivity contribution >= 4 is 29.0 Å². The number of anilines is 2. The minimum atomic E-state index is -0.312. The summed E-state index contributed by atoms with van der Waals surface area (Å²) in [5.41, 5.74) is 1.75. The van der Waals surface area contributed by atoms with Crippen LogP contribution < -0.4 is 10.6 Å². The minimum absolute atomic E-state index is 0.259. The van der Waals surface area contributed by atoms with E-state index in [1.165, 1.54) is 0 Å². The zero-order chi connectivity index (χ0) is 16.1. The van der Waals surface area contributed by atoms with Gasteiger partial charge in [-0.2, -0.15) is 0 Å². The average Bonchev–Trinajstić information content (AvgIpc) is 2.50. The van der Waals surface area contributed by atoms with Crippen molar-refractivity contribution in [2.24, 2.45) is 5.92 Å². The van der Waals surface area contributed by atoms with Gasteiger partial charge in [-0.1, -0.05) is 31.5 Å². The summed E-state index contributed by atoms with van der Waals surface area (Å²) >= 11 is 6.04. The fourth-order valence-corrected chi connectivity index (χ4v) is 1.96. The van der Waals surface area contributed by atoms with Gasteiger partial charge in [0.1, 0.15) is 5.82 Å². The SMILES string of the molecule is Cc1c(Cl)cccc1NC(=O)c1ccc(NCC(C)C)nn1. The van der Waals surface area contributed by atoms with Crippen LogP contribution in [0.3, 0.4) is 0 Å². The van der Waals surface area contributed by atoms with E-state index >= 15 is 0 Å². The number of rotatable bonds is 5. The number of nitrogens with zero attached hydrogens (tertiary/aromatic N) is 2. The summed E-state index contributed by atoms with van der Waals surface area (Å²) in [5.74, 6) is 0.855. The van der Waals surface area contributed by atoms with Crippen molar-refractivity contribution in [1.82, 2.24) is 10.2 Å². The van der Waals surface area contributed by atoms with Gasteiger partial charge in [0.2, 0.25) is 0 Å². The average molecular weight is 319 g/mol. The van der Waals surface area contributed by atoms with Crippen LogP contribution in [-0.2, 0) is 0 Å². The molecule has 0 fully saturated rings. The van der Waals surface area contributed by atoms with Crippen molar-refractivity contribution in [3.63, 3.8) is 0 Å². The predicted octanol–water partition coefficient (Wildman–Crippen LogP) is 3.76. The van der Waals surface area contributed by atoms with E-state index in [2.05, 4.69) is 34.7 Å². The first-order chi connectivity index (χ1) is 10.5. The van der Waals surface area contributed by atoms with E-state index in [4.69, 9.17) is 11.6 Å². The van der Waals surface area contributed by atoms with Crippen molar-refractivity contribution in [2.45, 2.75) is 20.8 Å². The summed E-state index contributed by atoms with van der Waals surface area (Å²) in [6.45, 7) is 6.87. The monoisotopic (exact) mass is 318 g/mol. The van der Waals surface area contributed by atoms with Gasteiger partial charge < -0.3 is 10.6 Å². The van der Waals surface area contributed by atoms with Crippen LogP contribution in [0.4, 0.5) is 11.5 Å². The van der Waals surface area contributed by atoms with E-state index in [0.29, 0.717) is 22.4 Å². The van der Waals surface area contributed by atoms with Gasteiger partial charge in [0.15, 0.2) is 5.69 Å². The molecule has 1 aromatic carbocycles. The van der Waals surface area contributed by atoms with E-state index in [9.17, 15) is 4.79 Å². The van der Waals surface area contributed by atoms with Gasteiger partial charge in [-0.15, -0.1) is 10.2 Å². The quantitative estimate of drug-likeness (QED) is 0.881. The Bertz CT molecular complexity index is 656. The molecule has 0 radical (unpaired) electrons. The molecule has 2 rings (SSSR count). The lowest BCUT2D eigenvalue weighted by molar-refractivity contribution is 0.102. The predicted molar refractivity (Wildman–Crippen MR) is 89.5 cm³/mol. The number of amides is 1. The smallest absolute Gasteiger partial charge is 0.276 e. The molecule has 1 heterocycles. The second-order valence-electron chi connectivity index (χ2n) is 5.45. The molecule has 0 unspecified atom stereocenters. The third kappa shape index (κ3) is 4.18. The molecule has 1 aromatic heterocycles. The fraction of sp³-hybridized carbons (Fsp3) is 0.312. The van der Waals surface area contributed by atoms with Crippen LogP contribution in [0.15, 0.2) is 30.3 Å². The molecule has 2 N–H and O–H groups in total. The van der Waals surface area contributed by atoms with Crippen molar-refractivity contribution < 1.29 is 4.79 Å². The minimum Gasteiger partial charge on any atom is -0.368 e. The highest BCUT2D eigenvalue weighted by atomic mass is 35.5. The zero-order valence-corrected chi connectivity index (χ0v) is 13.6. The molecular weight excluding hydrogens is 300 g/mol. The number of benzene rings is 1. The second kappa shape index (κ2) is 7.22. The van der Waals surface area contributed by atoms with E-state index < -0.39 is 0 Å². The Balaban J connectivity index is 2.05. The zero-order valence-electron chi connectivity index (χ0n) is 12.9. The lowest BCUT2D eigenvalue weighted by atomic mass is 10.2. The first-order valence-corrected chi connectivity index (χ1v) is 7.49. The number of nitrogens with one attached hydrogen (secondary N) is 2. The summed E-state index contributed by atoms with van der Waals surface area (Å²) in [6, 6.07) is 8.75. The van der Waals surface area contributed by atoms with Crippen molar-refractivity contribution in [2.75, 3.05) is 17.2 Å². The summed E-state index contributed by atoms with van der Waals surface area (Å²) < 4.78 is 0. The van der Waals surface area contributed by atoms with Crippen molar-refractivity contribution in [3.8, 4) is 0 Å². The van der Waals surface area contributed by atoms with Gasteiger partial charge in [0, 0.05) is 17.3 Å². The molecule has 6 heteroatoms. The number of carbonyl (C=O) groups is 1. The molecular formula is C16H19ClN4O. The molecule has 0 saturated carbocycles. The maximum absolute atomic E-state index is 12.2. The molecule has 1 amide bonds. The summed E-state index contributed by atoms with van der Waals surface area (Å²) in [4.78, 5) is 12.2. The van der Waals surface area contributed by atoms with Crippen LogP contribution in [0, 0.1) is 12.8 Å². The van der Waals surface area contributed by atoms with Crippen LogP contribution in [0.1, 0.15) is 29.9 Å². The number of hydrogen-bond acceptors (Lipinski definition) is 4. The highest BCUT2D eigenvalue weighted by Gasteiger charge is 2.11. The lowest BCUT2D eigenvalue weighted by Gasteiger charge is -2.10. The molecule has 0 saturated heterocycles. The van der Waals surface area contributed by atoms with Gasteiger partial charge in [-0.25, -0.2) is 0 Å². The normalized spacial score (nSPS) is 10.6. The first-order valence-electron chi connectivity index (χ1n) is 7.11. The molecule has 0 bridgehead atoms. The molecule has 0 aliphatic carbocycles. The van der Waals surface area contributed by atoms with E-state index in [1.54, 1.807) is 30.3 Å². The largest absolute Gasteiger partial charge is 0.368 e. The maximum atomic E-state index is 12.2. The van der Waals surface area contributed by atoms with Crippen LogP contribution in [0.5, 0.6) is 0 Å². The molecule has 0 aliphatic rings. The van der Waals surface area contributed by atoms with E-state index in [0.717, 1.165) is 12.1 Å². The lowest BCUT2D eigenvalue weighted by Crippen LogP contribution is -2.16. The highest BCUT2D eigenvalue weighted by molar-refractivity contribution is 6.31. The van der Waals surface area contributed by atoms with Crippen LogP contribution >= 0.6 is 11.6 Å². The Hall–Kier alpha value is -2.14. The van der Waals surface area contributed by atoms with E-state index in [-0.39, 0.29) is 11.6 Å². The third-order valence-electron chi connectivity index (χ3n) is 3.10. The number of carbonyl (C=O) groups excluding carboxylic acids is 1. The second-order valence-corrected chi connectivity index (χ2v) is 5.85. The number of hydrogen-bond donors (Lipinski definition) is 2. The molecule has 2 aromatic rings. The Kier molecular flexibility index (Phi) is 5.33. The Morgan fingerprint density at radius 1 is 1.23 bits per heavy atom. The van der Waals surface area contributed by atoms with Crippen LogP contribution in [0.25, 0.3) is 0 Å². The standard InChI is InChI=1S/C16H19ClN4O/c1-10(2)9-18-15-8-7-14(20-21-15)16(22)19-13-6-4-5-12(17)11(13)3/h4-8,10H,9H2,1-3H3,(H,18,21)(H,19,22). The fourth-order valence-electron chi connectivity index (χ4n) is 1.79. The highest BCUT2D eigenvalue weighted by Crippen LogP contribution is 2.23. The summed E-state index contributed by atoms with van der Waals surface area (Å²) in [7, 11) is 0. The van der Waals surface area contributed by atoms with Crippen molar-refractivity contribution in [3.05, 3.63) is 46.6 Å². The number of aromatic nitrogens is 2. The molecule has 116 valence electrons. The van der Waals surface area contributed by atoms with E-state index in [1.807, 2.05) is 6.92 Å². The molecule has 22 heavy (non-hydrogen) atoms. The van der Waals surface area contributed by atoms with Gasteiger partial charge in [-0.3, -0.25) is 4.79 Å². The van der Waals surface area contributed by atoms with Crippen LogP contribution in [0.2, 0.25) is 5.02 Å². The topological polar surface area (TPSA) is 66.9 Å². The summed E-state index contributed by atoms with van der Waals surface area (Å²) in [6.07, 6.45) is 0. The molecule has 0 spiro atoms. The van der Waals surface area contributed by atoms with Crippen molar-refractivity contribution in [1.29, 1.82) is 0 Å². The maximum Gasteiger partial charge on any atom is 0.276 e. The van der Waals surface area contributed by atoms with Gasteiger partial charge in [-0.05, 0) is 42.7 Å². The van der Waals surface area contributed by atoms with Gasteiger partial charge in [0.05, 0.1) is 0 Å². The Morgan fingerprint density at radius 3 is 2.64 bits per heavy atom. The Morgan fingerprint density at radius 2 is 2.00 bits per heavy atom. The number of halogens is 1. The molecule has 5 nitrogen and oxygen atoms in total. The van der Waals surface area contributed by atoms with Crippen LogP contribution in [-0.4, -0.2) is 22.6 Å². The third-order valence-corrected chi connectivity index (χ3v) is 3.51. The molecule has 0 atom stereocenters. The Labute approximate surface area is 135 Å².